The maximum atomic E-state index is 13.0. The third-order valence-corrected chi connectivity index (χ3v) is 6.01. The first-order chi connectivity index (χ1) is 14.2. The molecule has 0 radical (unpaired) electrons. The lowest BCUT2D eigenvalue weighted by Gasteiger charge is -2.17. The number of fused-ring (bicyclic) bond motifs is 1. The van der Waals surface area contributed by atoms with E-state index in [9.17, 15) is 4.79 Å². The topological polar surface area (TPSA) is 55.3 Å². The van der Waals surface area contributed by atoms with Crippen molar-refractivity contribution < 1.29 is 9.53 Å². The van der Waals surface area contributed by atoms with E-state index in [2.05, 4.69) is 9.97 Å². The number of thiazole rings is 1. The van der Waals surface area contributed by atoms with E-state index < -0.39 is 0 Å². The number of pyridine rings is 1. The number of carbonyl (C=O) groups is 1. The summed E-state index contributed by atoms with van der Waals surface area (Å²) in [5.41, 5.74) is 1.65. The molecular weight excluding hydrogens is 402 g/mol. The van der Waals surface area contributed by atoms with E-state index in [1.54, 1.807) is 28.5 Å². The summed E-state index contributed by atoms with van der Waals surface area (Å²) in [4.78, 5) is 24.8. The highest BCUT2D eigenvalue weighted by atomic mass is 32.1. The lowest BCUT2D eigenvalue weighted by atomic mass is 10.3. The molecule has 5 nitrogen and oxygen atoms in total. The zero-order valence-electron chi connectivity index (χ0n) is 15.8. The van der Waals surface area contributed by atoms with Crippen LogP contribution in [0.3, 0.4) is 0 Å². The number of nitrogens with zero attached hydrogens (tertiary/aromatic N) is 3. The summed E-state index contributed by atoms with van der Waals surface area (Å²) in [7, 11) is 0. The molecule has 29 heavy (non-hydrogen) atoms. The van der Waals surface area contributed by atoms with Gasteiger partial charge in [-0.25, -0.2) is 4.98 Å². The van der Waals surface area contributed by atoms with Crippen LogP contribution in [0.15, 0.2) is 66.2 Å². The molecule has 3 heterocycles. The Bertz CT molecular complexity index is 1120. The van der Waals surface area contributed by atoms with Gasteiger partial charge in [-0.15, -0.1) is 11.3 Å². The number of hydrogen-bond acceptors (Lipinski definition) is 6. The first-order valence-electron chi connectivity index (χ1n) is 9.19. The van der Waals surface area contributed by atoms with E-state index >= 15 is 0 Å². The van der Waals surface area contributed by atoms with Crippen molar-refractivity contribution in [1.29, 1.82) is 0 Å². The third-order valence-electron chi connectivity index (χ3n) is 4.14. The van der Waals surface area contributed by atoms with E-state index in [1.807, 2.05) is 66.9 Å². The zero-order valence-corrected chi connectivity index (χ0v) is 17.5. The molecule has 3 aromatic heterocycles. The van der Waals surface area contributed by atoms with Crippen LogP contribution in [-0.2, 0) is 11.3 Å². The van der Waals surface area contributed by atoms with Crippen LogP contribution < -0.4 is 9.64 Å². The fraction of sp³-hybridized carbons (Fsp3) is 0.136. The highest BCUT2D eigenvalue weighted by molar-refractivity contribution is 7.22. The molecule has 0 saturated carbocycles. The van der Waals surface area contributed by atoms with Gasteiger partial charge in [0.15, 0.2) is 5.13 Å². The van der Waals surface area contributed by atoms with Gasteiger partial charge in [0.2, 0.25) is 0 Å². The predicted octanol–water partition coefficient (Wildman–Crippen LogP) is 5.40. The highest BCUT2D eigenvalue weighted by Crippen LogP contribution is 2.32. The fourth-order valence-electron chi connectivity index (χ4n) is 2.79. The summed E-state index contributed by atoms with van der Waals surface area (Å²) in [6, 6.07) is 15.4. The molecule has 0 aliphatic heterocycles. The molecule has 146 valence electrons. The van der Waals surface area contributed by atoms with Gasteiger partial charge in [0, 0.05) is 17.2 Å². The minimum absolute atomic E-state index is 0.131. The van der Waals surface area contributed by atoms with Crippen LogP contribution in [0.2, 0.25) is 0 Å². The van der Waals surface area contributed by atoms with Gasteiger partial charge in [0.25, 0.3) is 5.91 Å². The van der Waals surface area contributed by atoms with Crippen LogP contribution in [-0.4, -0.2) is 22.5 Å². The molecule has 0 fully saturated rings. The van der Waals surface area contributed by atoms with Crippen molar-refractivity contribution in [3.8, 4) is 5.75 Å². The summed E-state index contributed by atoms with van der Waals surface area (Å²) in [6.45, 7) is 2.91. The Labute approximate surface area is 176 Å². The van der Waals surface area contributed by atoms with Crippen molar-refractivity contribution in [2.45, 2.75) is 13.5 Å². The van der Waals surface area contributed by atoms with Crippen LogP contribution in [0.25, 0.3) is 16.3 Å². The van der Waals surface area contributed by atoms with Gasteiger partial charge in [0.05, 0.1) is 29.1 Å². The van der Waals surface area contributed by atoms with Crippen LogP contribution in [0.5, 0.6) is 5.75 Å². The summed E-state index contributed by atoms with van der Waals surface area (Å²) < 4.78 is 6.56. The van der Waals surface area contributed by atoms with Gasteiger partial charge in [-0.3, -0.25) is 14.7 Å². The summed E-state index contributed by atoms with van der Waals surface area (Å²) >= 11 is 3.06. The van der Waals surface area contributed by atoms with Gasteiger partial charge >= 0.3 is 0 Å². The van der Waals surface area contributed by atoms with Crippen molar-refractivity contribution in [3.05, 3.63) is 76.8 Å². The first-order valence-corrected chi connectivity index (χ1v) is 10.9. The number of carbonyl (C=O) groups excluding carboxylic acids is 1. The minimum Gasteiger partial charge on any atom is -0.494 e. The quantitative estimate of drug-likeness (QED) is 0.375. The van der Waals surface area contributed by atoms with Crippen molar-refractivity contribution >= 4 is 50.0 Å². The Morgan fingerprint density at radius 3 is 2.90 bits per heavy atom. The first kappa shape index (κ1) is 19.3. The average Bonchev–Trinajstić information content (AvgIpc) is 3.40. The molecule has 1 aromatic carbocycles. The van der Waals surface area contributed by atoms with Crippen LogP contribution >= 0.6 is 22.7 Å². The second-order valence-electron chi connectivity index (χ2n) is 6.15. The van der Waals surface area contributed by atoms with Gasteiger partial charge in [0.1, 0.15) is 5.75 Å². The molecule has 7 heteroatoms. The van der Waals surface area contributed by atoms with E-state index in [-0.39, 0.29) is 5.91 Å². The van der Waals surface area contributed by atoms with Gasteiger partial charge in [-0.2, -0.15) is 0 Å². The molecule has 1 amide bonds. The zero-order chi connectivity index (χ0) is 20.1. The molecule has 0 unspecified atom stereocenters. The maximum absolute atomic E-state index is 13.0. The van der Waals surface area contributed by atoms with Crippen molar-refractivity contribution in [1.82, 2.24) is 9.97 Å². The molecule has 0 N–H and O–H groups in total. The maximum Gasteiger partial charge on any atom is 0.253 e. The van der Waals surface area contributed by atoms with E-state index in [4.69, 9.17) is 4.74 Å². The standard InChI is InChI=1S/C22H19N3O2S2/c1-2-27-17-8-10-19-20(14-17)29-22(24-19)25(15-16-6-3-4-12-23-16)21(26)11-9-18-7-5-13-28-18/h3-14H,2,15H2,1H3. The Balaban J connectivity index is 1.67. The molecule has 0 aliphatic rings. The van der Waals surface area contributed by atoms with E-state index in [1.165, 1.54) is 11.3 Å². The number of hydrogen-bond donors (Lipinski definition) is 0. The second kappa shape index (κ2) is 8.98. The number of rotatable bonds is 7. The number of thiophene rings is 1. The lowest BCUT2D eigenvalue weighted by Crippen LogP contribution is -2.28. The molecule has 0 saturated heterocycles. The van der Waals surface area contributed by atoms with Gasteiger partial charge in [-0.05, 0) is 54.8 Å². The SMILES string of the molecule is CCOc1ccc2nc(N(Cc3ccccn3)C(=O)C=Cc3cccs3)sc2c1. The Morgan fingerprint density at radius 1 is 1.21 bits per heavy atom. The molecule has 4 aromatic rings. The fourth-order valence-corrected chi connectivity index (χ4v) is 4.40. The normalized spacial score (nSPS) is 11.2. The molecule has 0 spiro atoms. The summed E-state index contributed by atoms with van der Waals surface area (Å²) in [6.07, 6.45) is 5.15. The summed E-state index contributed by atoms with van der Waals surface area (Å²) in [5, 5.41) is 2.62. The number of amides is 1. The number of ether oxygens (including phenoxy) is 1. The number of anilines is 1. The lowest BCUT2D eigenvalue weighted by molar-refractivity contribution is -0.114. The Kier molecular flexibility index (Phi) is 5.97. The van der Waals surface area contributed by atoms with Crippen molar-refractivity contribution in [2.75, 3.05) is 11.5 Å². The van der Waals surface area contributed by atoms with Crippen LogP contribution in [0.4, 0.5) is 5.13 Å². The number of benzene rings is 1. The van der Waals surface area contributed by atoms with Gasteiger partial charge < -0.3 is 4.74 Å². The van der Waals surface area contributed by atoms with Crippen molar-refractivity contribution in [2.24, 2.45) is 0 Å². The smallest absolute Gasteiger partial charge is 0.253 e. The predicted molar refractivity (Wildman–Crippen MR) is 120 cm³/mol. The van der Waals surface area contributed by atoms with Crippen molar-refractivity contribution in [3.63, 3.8) is 0 Å². The Morgan fingerprint density at radius 2 is 2.14 bits per heavy atom. The molecule has 4 rings (SSSR count). The minimum atomic E-state index is -0.131. The van der Waals surface area contributed by atoms with Crippen LogP contribution in [0.1, 0.15) is 17.5 Å². The van der Waals surface area contributed by atoms with Gasteiger partial charge in [-0.1, -0.05) is 23.5 Å². The monoisotopic (exact) mass is 421 g/mol. The average molecular weight is 422 g/mol. The van der Waals surface area contributed by atoms with E-state index in [0.29, 0.717) is 18.3 Å². The second-order valence-corrected chi connectivity index (χ2v) is 8.14. The molecule has 0 aliphatic carbocycles. The Hall–Kier alpha value is -3.03. The summed E-state index contributed by atoms with van der Waals surface area (Å²) in [5.74, 6) is 0.670. The third kappa shape index (κ3) is 4.70. The van der Waals surface area contributed by atoms with Crippen LogP contribution in [0, 0.1) is 0 Å². The molecule has 0 bridgehead atoms. The van der Waals surface area contributed by atoms with E-state index in [0.717, 1.165) is 26.5 Å². The highest BCUT2D eigenvalue weighted by Gasteiger charge is 2.19. The molecule has 0 atom stereocenters. The largest absolute Gasteiger partial charge is 0.494 e. The molecular formula is C22H19N3O2S2. The number of aromatic nitrogens is 2.